The lowest BCUT2D eigenvalue weighted by molar-refractivity contribution is -0.139. The van der Waals surface area contributed by atoms with Gasteiger partial charge in [0.15, 0.2) is 0 Å². The molecule has 1 atom stereocenters. The van der Waals surface area contributed by atoms with Crippen LogP contribution >= 0.6 is 0 Å². The quantitative estimate of drug-likeness (QED) is 0.657. The van der Waals surface area contributed by atoms with Gasteiger partial charge in [-0.3, -0.25) is 4.79 Å². The first-order chi connectivity index (χ1) is 10.4. The van der Waals surface area contributed by atoms with Gasteiger partial charge in [0.25, 0.3) is 10.2 Å². The third-order valence-electron chi connectivity index (χ3n) is 3.01. The molecular weight excluding hydrogens is 339 g/mol. The van der Waals surface area contributed by atoms with Crippen LogP contribution in [0.1, 0.15) is 17.5 Å². The van der Waals surface area contributed by atoms with E-state index in [0.717, 1.165) is 28.6 Å². The third kappa shape index (κ3) is 6.14. The summed E-state index contributed by atoms with van der Waals surface area (Å²) in [5, 5.41) is 13.7. The highest BCUT2D eigenvalue weighted by molar-refractivity contribution is 7.86. The summed E-state index contributed by atoms with van der Waals surface area (Å²) in [6.07, 6.45) is -4.68. The molecule has 1 unspecified atom stereocenters. The average Bonchev–Trinajstić information content (AvgIpc) is 2.41. The highest BCUT2D eigenvalue weighted by atomic mass is 32.2. The number of hydrogen-bond donors (Lipinski definition) is 3. The third-order valence-corrected chi connectivity index (χ3v) is 4.04. The van der Waals surface area contributed by atoms with Crippen LogP contribution in [0, 0.1) is 0 Å². The van der Waals surface area contributed by atoms with E-state index in [1.807, 2.05) is 0 Å². The number of alkyl halides is 3. The van der Waals surface area contributed by atoms with Gasteiger partial charge in [0.1, 0.15) is 6.04 Å². The van der Waals surface area contributed by atoms with Crippen molar-refractivity contribution in [2.24, 2.45) is 10.9 Å². The summed E-state index contributed by atoms with van der Waals surface area (Å²) < 4.78 is 61.1. The molecule has 11 heteroatoms. The van der Waals surface area contributed by atoms with Gasteiger partial charge in [0.2, 0.25) is 0 Å². The van der Waals surface area contributed by atoms with Crippen LogP contribution in [0.3, 0.4) is 0 Å². The minimum atomic E-state index is -4.49. The van der Waals surface area contributed by atoms with Crippen molar-refractivity contribution < 1.29 is 31.5 Å². The van der Waals surface area contributed by atoms with Gasteiger partial charge < -0.3 is 10.8 Å². The summed E-state index contributed by atoms with van der Waals surface area (Å²) in [5.41, 5.74) is 4.69. The number of nitrogens with zero attached hydrogens (tertiary/aromatic N) is 1. The van der Waals surface area contributed by atoms with Crippen molar-refractivity contribution in [2.45, 2.75) is 25.2 Å². The predicted octanol–water partition coefficient (Wildman–Crippen LogP) is 0.513. The number of rotatable bonds is 7. The van der Waals surface area contributed by atoms with Gasteiger partial charge in [0, 0.05) is 13.1 Å². The molecule has 0 spiro atoms. The Morgan fingerprint density at radius 2 is 1.78 bits per heavy atom. The summed E-state index contributed by atoms with van der Waals surface area (Å²) in [4.78, 5) is 10.6. The first-order valence-electron chi connectivity index (χ1n) is 6.33. The monoisotopic (exact) mass is 355 g/mol. The number of carboxylic acids is 1. The second-order valence-corrected chi connectivity index (χ2v) is 6.35. The summed E-state index contributed by atoms with van der Waals surface area (Å²) in [6, 6.07) is 2.61. The van der Waals surface area contributed by atoms with Crippen LogP contribution in [-0.4, -0.2) is 36.4 Å². The molecule has 0 aliphatic rings. The summed E-state index contributed by atoms with van der Waals surface area (Å²) in [5.74, 6) is -1.30. The molecule has 0 amide bonds. The topological polar surface area (TPSA) is 127 Å². The maximum absolute atomic E-state index is 12.5. The molecule has 1 aromatic rings. The molecule has 5 N–H and O–H groups in total. The number of hydrogen-bond acceptors (Lipinski definition) is 4. The van der Waals surface area contributed by atoms with Crippen LogP contribution in [0.25, 0.3) is 0 Å². The average molecular weight is 355 g/mol. The fraction of sp³-hybridized carbons (Fsp3) is 0.417. The maximum atomic E-state index is 12.5. The number of carbonyl (C=O) groups is 1. The Bertz CT molecular complexity index is 647. The van der Waals surface area contributed by atoms with E-state index in [2.05, 4.69) is 0 Å². The number of aliphatic carboxylic acids is 1. The summed E-state index contributed by atoms with van der Waals surface area (Å²) in [7, 11) is -4.16. The number of benzene rings is 1. The molecule has 1 rings (SSSR count). The van der Waals surface area contributed by atoms with Gasteiger partial charge in [-0.15, -0.1) is 0 Å². The lowest BCUT2D eigenvalue weighted by Gasteiger charge is -2.20. The first-order valence-corrected chi connectivity index (χ1v) is 7.84. The summed E-state index contributed by atoms with van der Waals surface area (Å²) >= 11 is 0. The van der Waals surface area contributed by atoms with E-state index in [9.17, 15) is 26.4 Å². The van der Waals surface area contributed by atoms with E-state index >= 15 is 0 Å². The predicted molar refractivity (Wildman–Crippen MR) is 75.2 cm³/mol. The van der Waals surface area contributed by atoms with Gasteiger partial charge >= 0.3 is 12.1 Å². The summed E-state index contributed by atoms with van der Waals surface area (Å²) in [6.45, 7) is -0.559. The van der Waals surface area contributed by atoms with Crippen molar-refractivity contribution in [2.75, 3.05) is 6.54 Å². The number of carboxylic acid groups (broad SMARTS) is 1. The van der Waals surface area contributed by atoms with Crippen LogP contribution in [0.15, 0.2) is 24.3 Å². The van der Waals surface area contributed by atoms with Gasteiger partial charge in [-0.1, -0.05) is 12.1 Å². The Morgan fingerprint density at radius 3 is 2.17 bits per heavy atom. The van der Waals surface area contributed by atoms with E-state index in [4.69, 9.17) is 16.0 Å². The molecule has 130 valence electrons. The number of nitrogens with two attached hydrogens (primary N) is 2. The normalized spacial score (nSPS) is 14.0. The van der Waals surface area contributed by atoms with Gasteiger partial charge in [-0.2, -0.15) is 25.9 Å². The van der Waals surface area contributed by atoms with Crippen LogP contribution < -0.4 is 10.9 Å². The molecule has 0 radical (unpaired) electrons. The smallest absolute Gasteiger partial charge is 0.416 e. The zero-order valence-electron chi connectivity index (χ0n) is 11.8. The highest BCUT2D eigenvalue weighted by Crippen LogP contribution is 2.29. The van der Waals surface area contributed by atoms with Crippen LogP contribution in [-0.2, 0) is 27.7 Å². The largest absolute Gasteiger partial charge is 0.480 e. The molecule has 0 saturated heterocycles. The van der Waals surface area contributed by atoms with E-state index in [1.165, 1.54) is 0 Å². The van der Waals surface area contributed by atoms with Gasteiger partial charge in [-0.25, -0.2) is 5.14 Å². The minimum Gasteiger partial charge on any atom is -0.480 e. The Kier molecular flexibility index (Phi) is 6.11. The van der Waals surface area contributed by atoms with E-state index in [0.29, 0.717) is 0 Å². The van der Waals surface area contributed by atoms with Crippen molar-refractivity contribution in [1.82, 2.24) is 4.31 Å². The molecule has 0 aromatic heterocycles. The molecule has 0 aliphatic carbocycles. The molecule has 0 fully saturated rings. The van der Waals surface area contributed by atoms with Crippen molar-refractivity contribution in [3.05, 3.63) is 35.4 Å². The van der Waals surface area contributed by atoms with E-state index in [-0.39, 0.29) is 25.1 Å². The zero-order chi connectivity index (χ0) is 17.8. The highest BCUT2D eigenvalue weighted by Gasteiger charge is 2.30. The lowest BCUT2D eigenvalue weighted by atomic mass is 10.1. The SMILES string of the molecule is NC(CCN(Cc1ccc(C(F)(F)F)cc1)S(N)(=O)=O)C(=O)O. The minimum absolute atomic E-state index is 0.188. The Balaban J connectivity index is 2.84. The van der Waals surface area contributed by atoms with Crippen molar-refractivity contribution in [3.8, 4) is 0 Å². The molecule has 0 heterocycles. The molecule has 0 saturated carbocycles. The first kappa shape index (κ1) is 19.4. The Morgan fingerprint density at radius 1 is 1.26 bits per heavy atom. The molecular formula is C12H16F3N3O4S. The van der Waals surface area contributed by atoms with Crippen molar-refractivity contribution >= 4 is 16.2 Å². The number of halogens is 3. The molecule has 0 bridgehead atoms. The van der Waals surface area contributed by atoms with Gasteiger partial charge in [0.05, 0.1) is 5.56 Å². The zero-order valence-corrected chi connectivity index (χ0v) is 12.6. The standard InChI is InChI=1S/C12H16F3N3O4S/c13-12(14,15)9-3-1-8(2-4-9)7-18(23(17,21)22)6-5-10(16)11(19)20/h1-4,10H,5-7,16H2,(H,19,20)(H2,17,21,22). The second kappa shape index (κ2) is 7.25. The fourth-order valence-corrected chi connectivity index (χ4v) is 2.39. The van der Waals surface area contributed by atoms with Crippen LogP contribution in [0.4, 0.5) is 13.2 Å². The second-order valence-electron chi connectivity index (χ2n) is 4.81. The Labute approximate surface area is 130 Å². The molecule has 0 aliphatic heterocycles. The van der Waals surface area contributed by atoms with Crippen LogP contribution in [0.5, 0.6) is 0 Å². The van der Waals surface area contributed by atoms with Gasteiger partial charge in [-0.05, 0) is 24.1 Å². The van der Waals surface area contributed by atoms with E-state index < -0.39 is 34.0 Å². The molecule has 1 aromatic carbocycles. The lowest BCUT2D eigenvalue weighted by Crippen LogP contribution is -2.40. The van der Waals surface area contributed by atoms with Crippen LogP contribution in [0.2, 0.25) is 0 Å². The fourth-order valence-electron chi connectivity index (χ4n) is 1.71. The maximum Gasteiger partial charge on any atom is 0.416 e. The van der Waals surface area contributed by atoms with Crippen molar-refractivity contribution in [1.29, 1.82) is 0 Å². The van der Waals surface area contributed by atoms with Crippen molar-refractivity contribution in [3.63, 3.8) is 0 Å². The van der Waals surface area contributed by atoms with E-state index in [1.54, 1.807) is 0 Å². The Hall–Kier alpha value is -1.69. The molecule has 23 heavy (non-hydrogen) atoms. The molecule has 7 nitrogen and oxygen atoms in total.